The number of carboxylic acid groups (broad SMARTS) is 1. The molecule has 0 fully saturated rings. The van der Waals surface area contributed by atoms with Gasteiger partial charge in [-0.25, -0.2) is 4.79 Å². The van der Waals surface area contributed by atoms with E-state index in [9.17, 15) is 9.90 Å². The minimum atomic E-state index is -0.754. The summed E-state index contributed by atoms with van der Waals surface area (Å²) in [5, 5.41) is 9.18. The van der Waals surface area contributed by atoms with Crippen LogP contribution in [0.4, 0.5) is 0 Å². The van der Waals surface area contributed by atoms with E-state index in [-0.39, 0.29) is 0 Å². The maximum Gasteiger partial charge on any atom is 0.331 e. The molecule has 2 heteroatoms. The molecule has 0 aromatic carbocycles. The van der Waals surface area contributed by atoms with Crippen LogP contribution in [0.2, 0.25) is 0 Å². The lowest BCUT2D eigenvalue weighted by molar-refractivity contribution is -0.132. The molecule has 27 heavy (non-hydrogen) atoms. The van der Waals surface area contributed by atoms with Gasteiger partial charge in [0, 0.05) is 5.57 Å². The van der Waals surface area contributed by atoms with Gasteiger partial charge in [0.15, 0.2) is 0 Å². The Balaban J connectivity index is 3.43. The number of carbonyl (C=O) groups is 1. The van der Waals surface area contributed by atoms with Gasteiger partial charge in [-0.15, -0.1) is 0 Å². The van der Waals surface area contributed by atoms with E-state index in [0.29, 0.717) is 11.5 Å². The Morgan fingerprint density at radius 1 is 0.667 bits per heavy atom. The molecule has 0 saturated carbocycles. The van der Waals surface area contributed by atoms with Gasteiger partial charge in [0.25, 0.3) is 0 Å². The lowest BCUT2D eigenvalue weighted by atomic mass is 9.92. The molecular formula is C25H48O2. The van der Waals surface area contributed by atoms with Gasteiger partial charge in [-0.05, 0) is 25.7 Å². The summed E-state index contributed by atoms with van der Waals surface area (Å²) in [5.41, 5.74) is 1.69. The van der Waals surface area contributed by atoms with Crippen LogP contribution in [0.5, 0.6) is 0 Å². The van der Waals surface area contributed by atoms with Crippen molar-refractivity contribution in [2.45, 2.75) is 137 Å². The van der Waals surface area contributed by atoms with Crippen LogP contribution >= 0.6 is 0 Å². The van der Waals surface area contributed by atoms with Crippen molar-refractivity contribution in [3.8, 4) is 0 Å². The molecule has 1 N–H and O–H groups in total. The smallest absolute Gasteiger partial charge is 0.331 e. The maximum atomic E-state index is 11.2. The first-order chi connectivity index (χ1) is 13.0. The number of allylic oxidation sites excluding steroid dienone is 1. The molecule has 0 saturated heterocycles. The Labute approximate surface area is 170 Å². The van der Waals surface area contributed by atoms with Gasteiger partial charge in [0.1, 0.15) is 0 Å². The van der Waals surface area contributed by atoms with Gasteiger partial charge in [-0.3, -0.25) is 0 Å². The molecule has 0 aromatic rings. The third-order valence-electron chi connectivity index (χ3n) is 5.80. The van der Waals surface area contributed by atoms with E-state index in [2.05, 4.69) is 20.8 Å². The Morgan fingerprint density at radius 2 is 1.00 bits per heavy atom. The standard InChI is InChI=1S/C25H48O2/c1-5-6-7-8-9-10-11-12-13-14-15-16-17-18-19-20-21-24(22(2)3)23(4)25(26)27/h22H,5-21H2,1-4H3,(H,26,27). The number of aliphatic carboxylic acids is 1. The highest BCUT2D eigenvalue weighted by atomic mass is 16.4. The first-order valence-electron chi connectivity index (χ1n) is 11.9. The zero-order valence-electron chi connectivity index (χ0n) is 19.0. The Hall–Kier alpha value is -0.790. The summed E-state index contributed by atoms with van der Waals surface area (Å²) in [6.07, 6.45) is 23.0. The van der Waals surface area contributed by atoms with Crippen LogP contribution < -0.4 is 0 Å². The largest absolute Gasteiger partial charge is 0.478 e. The van der Waals surface area contributed by atoms with E-state index in [1.54, 1.807) is 6.92 Å². The number of hydrogen-bond donors (Lipinski definition) is 1. The van der Waals surface area contributed by atoms with E-state index >= 15 is 0 Å². The maximum absolute atomic E-state index is 11.2. The van der Waals surface area contributed by atoms with Crippen molar-refractivity contribution in [3.05, 3.63) is 11.1 Å². The highest BCUT2D eigenvalue weighted by molar-refractivity contribution is 5.86. The quantitative estimate of drug-likeness (QED) is 0.180. The van der Waals surface area contributed by atoms with Gasteiger partial charge in [0.05, 0.1) is 0 Å². The molecule has 0 atom stereocenters. The zero-order chi connectivity index (χ0) is 20.3. The SMILES string of the molecule is CCCCCCCCCCCCCCCCCCC(=C(C)C(=O)O)C(C)C. The van der Waals surface area contributed by atoms with Gasteiger partial charge >= 0.3 is 5.97 Å². The second kappa shape index (κ2) is 18.6. The second-order valence-electron chi connectivity index (χ2n) is 8.66. The van der Waals surface area contributed by atoms with E-state index in [0.717, 1.165) is 18.4 Å². The van der Waals surface area contributed by atoms with E-state index in [1.165, 1.54) is 96.3 Å². The Bertz CT molecular complexity index is 382. The van der Waals surface area contributed by atoms with Crippen molar-refractivity contribution in [1.29, 1.82) is 0 Å². The number of carboxylic acids is 1. The molecule has 0 aliphatic heterocycles. The van der Waals surface area contributed by atoms with Gasteiger partial charge in [-0.2, -0.15) is 0 Å². The summed E-state index contributed by atoms with van der Waals surface area (Å²) in [7, 11) is 0. The fourth-order valence-electron chi connectivity index (χ4n) is 3.91. The normalized spacial score (nSPS) is 12.5. The van der Waals surface area contributed by atoms with E-state index < -0.39 is 5.97 Å². The summed E-state index contributed by atoms with van der Waals surface area (Å²) >= 11 is 0. The second-order valence-corrected chi connectivity index (χ2v) is 8.66. The molecule has 0 heterocycles. The topological polar surface area (TPSA) is 37.3 Å². The molecule has 2 nitrogen and oxygen atoms in total. The Kier molecular flexibility index (Phi) is 18.0. The van der Waals surface area contributed by atoms with Crippen LogP contribution in [0.25, 0.3) is 0 Å². The van der Waals surface area contributed by atoms with E-state index in [1.807, 2.05) is 0 Å². The molecular weight excluding hydrogens is 332 g/mol. The highest BCUT2D eigenvalue weighted by Crippen LogP contribution is 2.22. The number of hydrogen-bond acceptors (Lipinski definition) is 1. The predicted molar refractivity (Wildman–Crippen MR) is 119 cm³/mol. The molecule has 0 aromatic heterocycles. The zero-order valence-corrected chi connectivity index (χ0v) is 19.0. The van der Waals surface area contributed by atoms with Gasteiger partial charge in [-0.1, -0.05) is 123 Å². The summed E-state index contributed by atoms with van der Waals surface area (Å²) in [6, 6.07) is 0. The molecule has 0 unspecified atom stereocenters. The summed E-state index contributed by atoms with van der Waals surface area (Å²) in [6.45, 7) is 8.25. The third-order valence-corrected chi connectivity index (χ3v) is 5.80. The molecule has 0 spiro atoms. The highest BCUT2D eigenvalue weighted by Gasteiger charge is 2.12. The molecule has 160 valence electrons. The molecule has 0 aliphatic rings. The molecule has 0 amide bonds. The summed E-state index contributed by atoms with van der Waals surface area (Å²) in [5.74, 6) is -0.410. The fourth-order valence-corrected chi connectivity index (χ4v) is 3.91. The van der Waals surface area contributed by atoms with Crippen LogP contribution in [0.1, 0.15) is 137 Å². The van der Waals surface area contributed by atoms with Crippen molar-refractivity contribution >= 4 is 5.97 Å². The molecule has 0 bridgehead atoms. The van der Waals surface area contributed by atoms with Crippen LogP contribution in [0.15, 0.2) is 11.1 Å². The first-order valence-corrected chi connectivity index (χ1v) is 11.9. The number of rotatable bonds is 19. The van der Waals surface area contributed by atoms with Gasteiger partial charge in [0.2, 0.25) is 0 Å². The van der Waals surface area contributed by atoms with Crippen LogP contribution in [0, 0.1) is 5.92 Å². The van der Waals surface area contributed by atoms with Crippen LogP contribution in [0.3, 0.4) is 0 Å². The van der Waals surface area contributed by atoms with Gasteiger partial charge < -0.3 is 5.11 Å². The van der Waals surface area contributed by atoms with Crippen molar-refractivity contribution in [2.24, 2.45) is 5.92 Å². The van der Waals surface area contributed by atoms with Crippen LogP contribution in [-0.4, -0.2) is 11.1 Å². The van der Waals surface area contributed by atoms with Crippen LogP contribution in [-0.2, 0) is 4.79 Å². The average molecular weight is 381 g/mol. The molecule has 0 radical (unpaired) electrons. The lowest BCUT2D eigenvalue weighted by Gasteiger charge is -2.13. The fraction of sp³-hybridized carbons (Fsp3) is 0.880. The predicted octanol–water partition coefficient (Wildman–Crippen LogP) is 8.70. The molecule has 0 aliphatic carbocycles. The van der Waals surface area contributed by atoms with E-state index in [4.69, 9.17) is 0 Å². The molecule has 0 rings (SSSR count). The van der Waals surface area contributed by atoms with Crippen molar-refractivity contribution < 1.29 is 9.90 Å². The minimum Gasteiger partial charge on any atom is -0.478 e. The third kappa shape index (κ3) is 15.9. The monoisotopic (exact) mass is 380 g/mol. The lowest BCUT2D eigenvalue weighted by Crippen LogP contribution is -2.06. The van der Waals surface area contributed by atoms with Crippen molar-refractivity contribution in [1.82, 2.24) is 0 Å². The summed E-state index contributed by atoms with van der Waals surface area (Å²) in [4.78, 5) is 11.2. The first kappa shape index (κ1) is 26.2. The Morgan fingerprint density at radius 3 is 1.30 bits per heavy atom. The van der Waals surface area contributed by atoms with Crippen molar-refractivity contribution in [2.75, 3.05) is 0 Å². The summed E-state index contributed by atoms with van der Waals surface area (Å²) < 4.78 is 0. The number of unbranched alkanes of at least 4 members (excludes halogenated alkanes) is 15. The minimum absolute atomic E-state index is 0.345. The van der Waals surface area contributed by atoms with Crippen molar-refractivity contribution in [3.63, 3.8) is 0 Å². The average Bonchev–Trinajstić information content (AvgIpc) is 2.63.